The Hall–Kier alpha value is -4.51. The number of aromatic nitrogens is 4. The summed E-state index contributed by atoms with van der Waals surface area (Å²) in [4.78, 5) is 56.2. The number of amides is 3. The monoisotopic (exact) mass is 648 g/mol. The average molecular weight is 650 g/mol. The Bertz CT molecular complexity index is 2070. The SMILES string of the molecule is Cc1c(C(=O)Nc2cccc3c(=O)n(C4CCC(=O)NC4=O)c(C)nc23)nn(-c2ccc(Cl)cc2Cl)c1-c1ccc(Cl)cc1. The van der Waals surface area contributed by atoms with E-state index in [1.165, 1.54) is 4.57 Å². The van der Waals surface area contributed by atoms with Crippen LogP contribution in [0.4, 0.5) is 5.69 Å². The van der Waals surface area contributed by atoms with E-state index in [4.69, 9.17) is 34.8 Å². The van der Waals surface area contributed by atoms with Crippen molar-refractivity contribution in [2.24, 2.45) is 0 Å². The summed E-state index contributed by atoms with van der Waals surface area (Å²) in [5.41, 5.74) is 2.65. The third kappa shape index (κ3) is 5.25. The molecule has 6 rings (SSSR count). The molecule has 0 aliphatic carbocycles. The van der Waals surface area contributed by atoms with Gasteiger partial charge in [-0.25, -0.2) is 9.67 Å². The summed E-state index contributed by atoms with van der Waals surface area (Å²) in [6.45, 7) is 3.37. The van der Waals surface area contributed by atoms with Crippen molar-refractivity contribution in [2.75, 3.05) is 5.32 Å². The van der Waals surface area contributed by atoms with Gasteiger partial charge in [-0.05, 0) is 62.7 Å². The number of carbonyl (C=O) groups is 3. The van der Waals surface area contributed by atoms with Gasteiger partial charge in [-0.2, -0.15) is 5.10 Å². The van der Waals surface area contributed by atoms with Crippen molar-refractivity contribution in [3.05, 3.63) is 103 Å². The molecule has 0 saturated carbocycles. The van der Waals surface area contributed by atoms with Gasteiger partial charge in [0.05, 0.1) is 27.5 Å². The molecule has 2 aromatic heterocycles. The first kappa shape index (κ1) is 29.6. The molecular formula is C31H23Cl3N6O4. The zero-order valence-corrected chi connectivity index (χ0v) is 25.6. The van der Waals surface area contributed by atoms with Gasteiger partial charge in [-0.15, -0.1) is 0 Å². The van der Waals surface area contributed by atoms with Gasteiger partial charge in [0, 0.05) is 27.6 Å². The summed E-state index contributed by atoms with van der Waals surface area (Å²) in [5.74, 6) is -1.21. The summed E-state index contributed by atoms with van der Waals surface area (Å²) in [5, 5.41) is 11.3. The molecule has 10 nitrogen and oxygen atoms in total. The summed E-state index contributed by atoms with van der Waals surface area (Å²) in [7, 11) is 0. The first-order valence-electron chi connectivity index (χ1n) is 13.5. The van der Waals surface area contributed by atoms with Crippen LogP contribution in [0.25, 0.3) is 27.8 Å². The number of rotatable bonds is 5. The molecule has 1 fully saturated rings. The number of halogens is 3. The number of hydrogen-bond acceptors (Lipinski definition) is 6. The Labute approximate surface area is 265 Å². The van der Waals surface area contributed by atoms with Crippen LogP contribution in [0.1, 0.15) is 40.8 Å². The van der Waals surface area contributed by atoms with E-state index in [1.807, 2.05) is 12.1 Å². The van der Waals surface area contributed by atoms with Gasteiger partial charge in [-0.1, -0.05) is 53.0 Å². The van der Waals surface area contributed by atoms with Crippen LogP contribution >= 0.6 is 34.8 Å². The molecular weight excluding hydrogens is 627 g/mol. The zero-order chi connectivity index (χ0) is 31.3. The van der Waals surface area contributed by atoms with E-state index in [0.29, 0.717) is 32.0 Å². The molecule has 44 heavy (non-hydrogen) atoms. The van der Waals surface area contributed by atoms with Gasteiger partial charge in [0.1, 0.15) is 17.4 Å². The van der Waals surface area contributed by atoms with Crippen LogP contribution in [0.5, 0.6) is 0 Å². The third-order valence-corrected chi connectivity index (χ3v) is 8.26. The number of nitrogens with zero attached hydrogens (tertiary/aromatic N) is 4. The van der Waals surface area contributed by atoms with Crippen molar-refractivity contribution >= 4 is 69.1 Å². The maximum Gasteiger partial charge on any atom is 0.276 e. The molecule has 0 bridgehead atoms. The lowest BCUT2D eigenvalue weighted by atomic mass is 10.1. The molecule has 1 aliphatic heterocycles. The Morgan fingerprint density at radius 1 is 0.977 bits per heavy atom. The minimum absolute atomic E-state index is 0.113. The Morgan fingerprint density at radius 3 is 2.41 bits per heavy atom. The highest BCUT2D eigenvalue weighted by Crippen LogP contribution is 2.34. The molecule has 1 atom stereocenters. The number of aryl methyl sites for hydroxylation is 1. The smallest absolute Gasteiger partial charge is 0.276 e. The summed E-state index contributed by atoms with van der Waals surface area (Å²) in [6, 6.07) is 16.0. The summed E-state index contributed by atoms with van der Waals surface area (Å²) < 4.78 is 2.87. The van der Waals surface area contributed by atoms with E-state index >= 15 is 0 Å². The van der Waals surface area contributed by atoms with Crippen molar-refractivity contribution in [1.29, 1.82) is 0 Å². The molecule has 1 saturated heterocycles. The fourth-order valence-electron chi connectivity index (χ4n) is 5.39. The van der Waals surface area contributed by atoms with Crippen molar-refractivity contribution in [3.63, 3.8) is 0 Å². The molecule has 1 aliphatic rings. The largest absolute Gasteiger partial charge is 0.319 e. The number of benzene rings is 3. The maximum atomic E-state index is 13.8. The fourth-order valence-corrected chi connectivity index (χ4v) is 6.01. The predicted octanol–water partition coefficient (Wildman–Crippen LogP) is 6.06. The maximum absolute atomic E-state index is 13.8. The number of piperidine rings is 1. The van der Waals surface area contributed by atoms with E-state index in [0.717, 1.165) is 5.56 Å². The molecule has 5 aromatic rings. The van der Waals surface area contributed by atoms with Crippen LogP contribution in [0.15, 0.2) is 65.5 Å². The van der Waals surface area contributed by atoms with Crippen LogP contribution in [0.3, 0.4) is 0 Å². The van der Waals surface area contributed by atoms with Crippen LogP contribution in [-0.2, 0) is 9.59 Å². The minimum Gasteiger partial charge on any atom is -0.319 e. The van der Waals surface area contributed by atoms with E-state index in [2.05, 4.69) is 20.7 Å². The number of hydrogen-bond donors (Lipinski definition) is 2. The topological polar surface area (TPSA) is 128 Å². The quantitative estimate of drug-likeness (QED) is 0.223. The fraction of sp³-hybridized carbons (Fsp3) is 0.161. The normalized spacial score (nSPS) is 15.0. The molecule has 13 heteroatoms. The van der Waals surface area contributed by atoms with Crippen molar-refractivity contribution in [2.45, 2.75) is 32.7 Å². The average Bonchev–Trinajstić information content (AvgIpc) is 3.31. The molecule has 2 N–H and O–H groups in total. The van der Waals surface area contributed by atoms with Crippen molar-refractivity contribution in [3.8, 4) is 16.9 Å². The third-order valence-electron chi connectivity index (χ3n) is 7.47. The highest BCUT2D eigenvalue weighted by molar-refractivity contribution is 6.35. The Kier molecular flexibility index (Phi) is 7.75. The van der Waals surface area contributed by atoms with Gasteiger partial charge < -0.3 is 5.32 Å². The zero-order valence-electron chi connectivity index (χ0n) is 23.3. The minimum atomic E-state index is -0.868. The molecule has 0 radical (unpaired) electrons. The molecule has 3 amide bonds. The summed E-state index contributed by atoms with van der Waals surface area (Å²) >= 11 is 18.8. The number of para-hydroxylation sites is 1. The Morgan fingerprint density at radius 2 is 1.70 bits per heavy atom. The first-order valence-corrected chi connectivity index (χ1v) is 14.6. The second-order valence-electron chi connectivity index (χ2n) is 10.3. The van der Waals surface area contributed by atoms with Crippen LogP contribution in [0, 0.1) is 13.8 Å². The van der Waals surface area contributed by atoms with E-state index in [1.54, 1.807) is 67.1 Å². The number of anilines is 1. The van der Waals surface area contributed by atoms with Gasteiger partial charge in [0.2, 0.25) is 11.8 Å². The molecule has 222 valence electrons. The van der Waals surface area contributed by atoms with Gasteiger partial charge in [-0.3, -0.25) is 29.1 Å². The van der Waals surface area contributed by atoms with Gasteiger partial charge >= 0.3 is 0 Å². The Balaban J connectivity index is 1.43. The molecule has 3 aromatic carbocycles. The van der Waals surface area contributed by atoms with Crippen LogP contribution in [0.2, 0.25) is 15.1 Å². The molecule has 0 spiro atoms. The van der Waals surface area contributed by atoms with Gasteiger partial charge in [0.15, 0.2) is 5.69 Å². The second-order valence-corrected chi connectivity index (χ2v) is 11.6. The molecule has 3 heterocycles. The number of fused-ring (bicyclic) bond motifs is 1. The number of imide groups is 1. The van der Waals surface area contributed by atoms with Gasteiger partial charge in [0.25, 0.3) is 11.5 Å². The first-order chi connectivity index (χ1) is 21.0. The van der Waals surface area contributed by atoms with E-state index < -0.39 is 23.4 Å². The van der Waals surface area contributed by atoms with Crippen molar-refractivity contribution < 1.29 is 14.4 Å². The van der Waals surface area contributed by atoms with Crippen LogP contribution < -0.4 is 16.2 Å². The van der Waals surface area contributed by atoms with Crippen LogP contribution in [-0.4, -0.2) is 37.1 Å². The molecule has 1 unspecified atom stereocenters. The van der Waals surface area contributed by atoms with E-state index in [-0.39, 0.29) is 46.9 Å². The lowest BCUT2D eigenvalue weighted by Gasteiger charge is -2.24. The number of carbonyl (C=O) groups excluding carboxylic acids is 3. The lowest BCUT2D eigenvalue weighted by molar-refractivity contribution is -0.135. The highest BCUT2D eigenvalue weighted by atomic mass is 35.5. The van der Waals surface area contributed by atoms with Crippen molar-refractivity contribution in [1.82, 2.24) is 24.6 Å². The standard InChI is InChI=1S/C31H23Cl3N6O4/c1-15-26(38-40(23-11-10-19(33)14-21(23)34)28(15)17-6-8-18(32)9-7-17)30(43)36-22-5-3-4-20-27(22)35-16(2)39(31(20)44)24-12-13-25(41)37-29(24)42/h3-11,14,24H,12-13H2,1-2H3,(H,36,43)(H,37,41,42). The number of nitrogens with one attached hydrogen (secondary N) is 2. The second kappa shape index (κ2) is 11.5. The van der Waals surface area contributed by atoms with E-state index in [9.17, 15) is 19.2 Å². The summed E-state index contributed by atoms with van der Waals surface area (Å²) in [6.07, 6.45) is 0.298. The lowest BCUT2D eigenvalue weighted by Crippen LogP contribution is -2.45. The highest BCUT2D eigenvalue weighted by Gasteiger charge is 2.31. The predicted molar refractivity (Wildman–Crippen MR) is 169 cm³/mol.